The van der Waals surface area contributed by atoms with Crippen LogP contribution in [0.25, 0.3) is 0 Å². The van der Waals surface area contributed by atoms with Gasteiger partial charge < -0.3 is 9.64 Å². The smallest absolute Gasteiger partial charge is 0.132 e. The van der Waals surface area contributed by atoms with E-state index in [4.69, 9.17) is 9.72 Å². The molecule has 5 heteroatoms. The molecule has 2 heterocycles. The van der Waals surface area contributed by atoms with Crippen LogP contribution in [0.2, 0.25) is 0 Å². The number of hydrogen-bond donors (Lipinski definition) is 0. The molecule has 0 atom stereocenters. The molecule has 1 aliphatic carbocycles. The summed E-state index contributed by atoms with van der Waals surface area (Å²) in [5.74, 6) is 1.79. The Morgan fingerprint density at radius 1 is 1.17 bits per heavy atom. The lowest BCUT2D eigenvalue weighted by Gasteiger charge is -2.29. The van der Waals surface area contributed by atoms with Gasteiger partial charge in [0.15, 0.2) is 0 Å². The van der Waals surface area contributed by atoms with E-state index in [-0.39, 0.29) is 5.41 Å². The molecule has 0 amide bonds. The molecule has 4 rings (SSSR count). The number of nitriles is 1. The molecule has 2 aromatic rings. The summed E-state index contributed by atoms with van der Waals surface area (Å²) in [7, 11) is 0. The molecule has 0 spiro atoms. The Morgan fingerprint density at radius 3 is 2.67 bits per heavy atom. The molecule has 0 unspecified atom stereocenters. The van der Waals surface area contributed by atoms with Crippen LogP contribution in [0, 0.1) is 18.3 Å². The van der Waals surface area contributed by atoms with E-state index in [9.17, 15) is 5.26 Å². The van der Waals surface area contributed by atoms with Crippen molar-refractivity contribution in [1.29, 1.82) is 5.26 Å². The highest BCUT2D eigenvalue weighted by Gasteiger charge is 2.47. The number of morpholine rings is 1. The van der Waals surface area contributed by atoms with Crippen molar-refractivity contribution in [1.82, 2.24) is 9.97 Å². The average molecular weight is 320 g/mol. The second-order valence-electron chi connectivity index (χ2n) is 6.53. The van der Waals surface area contributed by atoms with Gasteiger partial charge in [-0.15, -0.1) is 0 Å². The predicted octanol–water partition coefficient (Wildman–Crippen LogP) is 2.57. The Kier molecular flexibility index (Phi) is 3.70. The van der Waals surface area contributed by atoms with Crippen LogP contribution >= 0.6 is 0 Å². The Balaban J connectivity index is 1.73. The summed E-state index contributed by atoms with van der Waals surface area (Å²) in [6, 6.07) is 12.3. The number of aromatic nitrogens is 2. The van der Waals surface area contributed by atoms with Crippen LogP contribution in [0.3, 0.4) is 0 Å². The van der Waals surface area contributed by atoms with Crippen molar-refractivity contribution in [3.8, 4) is 6.07 Å². The largest absolute Gasteiger partial charge is 0.378 e. The van der Waals surface area contributed by atoms with Crippen LogP contribution in [0.4, 0.5) is 5.82 Å². The highest BCUT2D eigenvalue weighted by atomic mass is 16.5. The molecule has 1 aromatic carbocycles. The van der Waals surface area contributed by atoms with E-state index in [1.807, 2.05) is 25.1 Å². The van der Waals surface area contributed by atoms with E-state index in [1.54, 1.807) is 0 Å². The molecule has 0 bridgehead atoms. The Bertz CT molecular complexity index is 801. The SMILES string of the molecule is Cc1nc(N2CCOCC2)cc(C2(c3cccc(C#N)c3)CC2)n1. The minimum atomic E-state index is -0.0540. The predicted molar refractivity (Wildman–Crippen MR) is 91.0 cm³/mol. The second-order valence-corrected chi connectivity index (χ2v) is 6.53. The van der Waals surface area contributed by atoms with E-state index in [1.165, 1.54) is 5.56 Å². The summed E-state index contributed by atoms with van der Waals surface area (Å²) in [4.78, 5) is 11.6. The first kappa shape index (κ1) is 15.1. The first-order valence-electron chi connectivity index (χ1n) is 8.41. The minimum absolute atomic E-state index is 0.0540. The zero-order valence-corrected chi connectivity index (χ0v) is 13.8. The molecule has 24 heavy (non-hydrogen) atoms. The molecule has 0 radical (unpaired) electrons. The molecular formula is C19H20N4O. The van der Waals surface area contributed by atoms with Crippen LogP contribution < -0.4 is 4.90 Å². The maximum absolute atomic E-state index is 9.18. The zero-order valence-electron chi connectivity index (χ0n) is 13.8. The normalized spacial score (nSPS) is 18.9. The van der Waals surface area contributed by atoms with Crippen molar-refractivity contribution in [3.05, 3.63) is 53.0 Å². The van der Waals surface area contributed by atoms with Crippen LogP contribution in [0.15, 0.2) is 30.3 Å². The van der Waals surface area contributed by atoms with Gasteiger partial charge >= 0.3 is 0 Å². The molecule has 1 aliphatic heterocycles. The lowest BCUT2D eigenvalue weighted by Crippen LogP contribution is -2.37. The van der Waals surface area contributed by atoms with Crippen molar-refractivity contribution >= 4 is 5.82 Å². The summed E-state index contributed by atoms with van der Waals surface area (Å²) < 4.78 is 5.44. The molecule has 5 nitrogen and oxygen atoms in total. The van der Waals surface area contributed by atoms with Gasteiger partial charge in [-0.1, -0.05) is 12.1 Å². The van der Waals surface area contributed by atoms with Crippen molar-refractivity contribution in [2.24, 2.45) is 0 Å². The molecule has 122 valence electrons. The van der Waals surface area contributed by atoms with E-state index in [0.717, 1.165) is 56.5 Å². The topological polar surface area (TPSA) is 62.0 Å². The first-order chi connectivity index (χ1) is 11.7. The molecule has 2 aliphatic rings. The van der Waals surface area contributed by atoms with Gasteiger partial charge in [0, 0.05) is 24.6 Å². The van der Waals surface area contributed by atoms with Gasteiger partial charge in [0.1, 0.15) is 11.6 Å². The standard InChI is InChI=1S/C19H20N4O/c1-14-21-17(12-18(22-14)23-7-9-24-10-8-23)19(5-6-19)16-4-2-3-15(11-16)13-20/h2-4,11-12H,5-10H2,1H3. The number of anilines is 1. The number of hydrogen-bond acceptors (Lipinski definition) is 5. The third-order valence-corrected chi connectivity index (χ3v) is 4.94. The van der Waals surface area contributed by atoms with Crippen LogP contribution in [-0.2, 0) is 10.2 Å². The Hall–Kier alpha value is -2.45. The highest BCUT2D eigenvalue weighted by Crippen LogP contribution is 2.53. The van der Waals surface area contributed by atoms with Crippen LogP contribution in [0.1, 0.15) is 35.5 Å². The lowest BCUT2D eigenvalue weighted by molar-refractivity contribution is 0.122. The summed E-state index contributed by atoms with van der Waals surface area (Å²) in [5.41, 5.74) is 2.92. The minimum Gasteiger partial charge on any atom is -0.378 e. The van der Waals surface area contributed by atoms with Gasteiger partial charge in [0.05, 0.1) is 30.5 Å². The monoisotopic (exact) mass is 320 g/mol. The zero-order chi connectivity index (χ0) is 16.6. The number of nitrogens with zero attached hydrogens (tertiary/aromatic N) is 4. The Morgan fingerprint density at radius 2 is 1.96 bits per heavy atom. The molecule has 1 saturated carbocycles. The highest BCUT2D eigenvalue weighted by molar-refractivity contribution is 5.50. The number of ether oxygens (including phenoxy) is 1. The number of rotatable bonds is 3. The molecule has 0 N–H and O–H groups in total. The molecule has 1 aromatic heterocycles. The van der Waals surface area contributed by atoms with E-state index in [2.05, 4.69) is 28.1 Å². The van der Waals surface area contributed by atoms with Gasteiger partial charge in [-0.2, -0.15) is 5.26 Å². The van der Waals surface area contributed by atoms with Gasteiger partial charge in [-0.05, 0) is 37.5 Å². The fraction of sp³-hybridized carbons (Fsp3) is 0.421. The third-order valence-electron chi connectivity index (χ3n) is 4.94. The van der Waals surface area contributed by atoms with Crippen molar-refractivity contribution in [2.75, 3.05) is 31.2 Å². The van der Waals surface area contributed by atoms with Crippen molar-refractivity contribution in [3.63, 3.8) is 0 Å². The second kappa shape index (κ2) is 5.88. The van der Waals surface area contributed by atoms with Crippen molar-refractivity contribution in [2.45, 2.75) is 25.2 Å². The molecule has 1 saturated heterocycles. The van der Waals surface area contributed by atoms with Crippen LogP contribution in [0.5, 0.6) is 0 Å². The maximum Gasteiger partial charge on any atom is 0.132 e. The number of aryl methyl sites for hydroxylation is 1. The quantitative estimate of drug-likeness (QED) is 0.870. The van der Waals surface area contributed by atoms with Crippen LogP contribution in [-0.4, -0.2) is 36.3 Å². The van der Waals surface area contributed by atoms with Gasteiger partial charge in [-0.25, -0.2) is 9.97 Å². The third kappa shape index (κ3) is 2.63. The average Bonchev–Trinajstić information content (AvgIpc) is 3.44. The van der Waals surface area contributed by atoms with Gasteiger partial charge in [0.2, 0.25) is 0 Å². The fourth-order valence-electron chi connectivity index (χ4n) is 3.46. The first-order valence-corrected chi connectivity index (χ1v) is 8.41. The summed E-state index contributed by atoms with van der Waals surface area (Å²) in [6.07, 6.45) is 2.14. The van der Waals surface area contributed by atoms with Crippen molar-refractivity contribution < 1.29 is 4.74 Å². The molecule has 2 fully saturated rings. The Labute approximate surface area is 141 Å². The van der Waals surface area contributed by atoms with E-state index < -0.39 is 0 Å². The van der Waals surface area contributed by atoms with E-state index in [0.29, 0.717) is 5.56 Å². The van der Waals surface area contributed by atoms with E-state index >= 15 is 0 Å². The summed E-state index contributed by atoms with van der Waals surface area (Å²) in [6.45, 7) is 5.18. The number of benzene rings is 1. The lowest BCUT2D eigenvalue weighted by atomic mass is 9.91. The van der Waals surface area contributed by atoms with Gasteiger partial charge in [0.25, 0.3) is 0 Å². The fourth-order valence-corrected chi connectivity index (χ4v) is 3.46. The molecular weight excluding hydrogens is 300 g/mol. The maximum atomic E-state index is 9.18. The summed E-state index contributed by atoms with van der Waals surface area (Å²) >= 11 is 0. The van der Waals surface area contributed by atoms with Gasteiger partial charge in [-0.3, -0.25) is 0 Å². The summed E-state index contributed by atoms with van der Waals surface area (Å²) in [5, 5.41) is 9.18.